The van der Waals surface area contributed by atoms with E-state index in [0.717, 1.165) is 40.1 Å². The van der Waals surface area contributed by atoms with Gasteiger partial charge in [-0.2, -0.15) is 14.0 Å². The fourth-order valence-electron chi connectivity index (χ4n) is 3.64. The Morgan fingerprint density at radius 3 is 2.50 bits per heavy atom. The van der Waals surface area contributed by atoms with Gasteiger partial charge in [-0.25, -0.2) is 0 Å². The minimum absolute atomic E-state index is 0.107. The number of aromatic amines is 1. The predicted molar refractivity (Wildman–Crippen MR) is 123 cm³/mol. The number of ether oxygens (including phenoxy) is 2. The molecule has 1 N–H and O–H groups in total. The van der Waals surface area contributed by atoms with Crippen LogP contribution in [-0.4, -0.2) is 32.2 Å². The fourth-order valence-corrected chi connectivity index (χ4v) is 3.64. The van der Waals surface area contributed by atoms with Gasteiger partial charge in [-0.15, -0.1) is 10.2 Å². The van der Waals surface area contributed by atoms with E-state index in [0.29, 0.717) is 12.2 Å². The maximum absolute atomic E-state index is 12.5. The van der Waals surface area contributed by atoms with Gasteiger partial charge in [-0.3, -0.25) is 4.98 Å². The van der Waals surface area contributed by atoms with Gasteiger partial charge < -0.3 is 9.47 Å². The number of aryl methyl sites for hydroxylation is 2. The van der Waals surface area contributed by atoms with Crippen LogP contribution in [0.3, 0.4) is 0 Å². The highest BCUT2D eigenvalue weighted by atomic mass is 19.3. The first-order chi connectivity index (χ1) is 16.5. The predicted octanol–water partition coefficient (Wildman–Crippen LogP) is 5.35. The Balaban J connectivity index is 1.48. The molecule has 0 radical (unpaired) electrons. The van der Waals surface area contributed by atoms with Crippen molar-refractivity contribution in [2.75, 3.05) is 0 Å². The van der Waals surface area contributed by atoms with Crippen molar-refractivity contribution in [1.29, 1.82) is 0 Å². The molecule has 4 rings (SSSR count). The number of alkyl halides is 2. The van der Waals surface area contributed by atoms with Gasteiger partial charge in [-0.1, -0.05) is 50.2 Å². The molecule has 0 fully saturated rings. The molecule has 7 nitrogen and oxygen atoms in total. The van der Waals surface area contributed by atoms with Crippen LogP contribution in [0.5, 0.6) is 11.5 Å². The van der Waals surface area contributed by atoms with Gasteiger partial charge in [0.05, 0.1) is 5.69 Å². The van der Waals surface area contributed by atoms with E-state index < -0.39 is 6.61 Å². The van der Waals surface area contributed by atoms with E-state index in [9.17, 15) is 8.78 Å². The molecule has 0 saturated carbocycles. The molecule has 2 aromatic heterocycles. The van der Waals surface area contributed by atoms with Crippen LogP contribution in [0.4, 0.5) is 8.78 Å². The smallest absolute Gasteiger partial charge is 0.387 e. The van der Waals surface area contributed by atoms with Crippen LogP contribution in [0.2, 0.25) is 0 Å². The van der Waals surface area contributed by atoms with E-state index >= 15 is 0 Å². The normalized spacial score (nSPS) is 11.2. The second-order valence-corrected chi connectivity index (χ2v) is 8.08. The number of benzene rings is 2. The van der Waals surface area contributed by atoms with E-state index in [1.165, 1.54) is 6.07 Å². The van der Waals surface area contributed by atoms with E-state index in [1.54, 1.807) is 18.3 Å². The summed E-state index contributed by atoms with van der Waals surface area (Å²) >= 11 is 0. The number of rotatable bonds is 10. The number of aromatic nitrogens is 5. The lowest BCUT2D eigenvalue weighted by Crippen LogP contribution is -2.07. The minimum atomic E-state index is -2.87. The second-order valence-electron chi connectivity index (χ2n) is 8.08. The largest absolute Gasteiger partial charge is 0.487 e. The molecule has 2 heterocycles. The van der Waals surface area contributed by atoms with Gasteiger partial charge in [0.25, 0.3) is 0 Å². The van der Waals surface area contributed by atoms with Gasteiger partial charge in [-0.05, 0) is 53.3 Å². The Bertz CT molecular complexity index is 1200. The van der Waals surface area contributed by atoms with Gasteiger partial charge in [0.15, 0.2) is 0 Å². The fraction of sp³-hybridized carbons (Fsp3) is 0.280. The van der Waals surface area contributed by atoms with Crippen LogP contribution in [0.25, 0.3) is 11.4 Å². The number of hydrogen-bond donors (Lipinski definition) is 1. The van der Waals surface area contributed by atoms with Gasteiger partial charge in [0.2, 0.25) is 5.82 Å². The molecular formula is C25H25F2N5O2. The number of tetrazole rings is 1. The zero-order chi connectivity index (χ0) is 23.9. The van der Waals surface area contributed by atoms with Crippen LogP contribution in [0.1, 0.15) is 42.1 Å². The van der Waals surface area contributed by atoms with Crippen LogP contribution < -0.4 is 9.47 Å². The Morgan fingerprint density at radius 1 is 0.971 bits per heavy atom. The molecule has 0 spiro atoms. The molecule has 0 aliphatic heterocycles. The first-order valence-corrected chi connectivity index (χ1v) is 11.0. The molecule has 0 bridgehead atoms. The lowest BCUT2D eigenvalue weighted by Gasteiger charge is -2.18. The Labute approximate surface area is 196 Å². The summed E-state index contributed by atoms with van der Waals surface area (Å²) in [5.74, 6) is 1.63. The molecular weight excluding hydrogens is 440 g/mol. The summed E-state index contributed by atoms with van der Waals surface area (Å²) in [5.41, 5.74) is 4.68. The van der Waals surface area contributed by atoms with Crippen molar-refractivity contribution in [2.24, 2.45) is 0 Å². The van der Waals surface area contributed by atoms with Crippen LogP contribution in [0, 0.1) is 0 Å². The number of hydrogen-bond acceptors (Lipinski definition) is 6. The van der Waals surface area contributed by atoms with Crippen LogP contribution >= 0.6 is 0 Å². The lowest BCUT2D eigenvalue weighted by atomic mass is 9.99. The maximum Gasteiger partial charge on any atom is 0.387 e. The Hall–Kier alpha value is -3.88. The van der Waals surface area contributed by atoms with Crippen LogP contribution in [-0.2, 0) is 19.4 Å². The lowest BCUT2D eigenvalue weighted by molar-refractivity contribution is -0.0499. The summed E-state index contributed by atoms with van der Waals surface area (Å²) in [6.07, 6.45) is 3.26. The molecule has 0 atom stereocenters. The topological polar surface area (TPSA) is 85.8 Å². The first kappa shape index (κ1) is 23.3. The maximum atomic E-state index is 12.5. The summed E-state index contributed by atoms with van der Waals surface area (Å²) < 4.78 is 35.8. The van der Waals surface area contributed by atoms with Crippen molar-refractivity contribution in [3.8, 4) is 22.9 Å². The van der Waals surface area contributed by atoms with Gasteiger partial charge in [0, 0.05) is 17.3 Å². The standard InChI is InChI=1S/C25H25F2N5O2/c1-16(2)21-12-13-28-22(11-8-17-6-9-19(10-7-17)24-29-31-32-30-24)23(21)33-15-18-4-3-5-20(14-18)34-25(26)27/h3-7,9-10,12-14,16,25H,8,11,15H2,1-2H3,(H,29,30,31,32). The Morgan fingerprint density at radius 2 is 1.79 bits per heavy atom. The third kappa shape index (κ3) is 5.92. The quantitative estimate of drug-likeness (QED) is 0.340. The van der Waals surface area contributed by atoms with Crippen molar-refractivity contribution in [3.63, 3.8) is 0 Å². The molecule has 0 aliphatic rings. The molecule has 0 amide bonds. The Kier molecular flexibility index (Phi) is 7.41. The number of pyridine rings is 1. The molecule has 0 saturated heterocycles. The molecule has 34 heavy (non-hydrogen) atoms. The molecule has 176 valence electrons. The highest BCUT2D eigenvalue weighted by Crippen LogP contribution is 2.31. The first-order valence-electron chi connectivity index (χ1n) is 11.0. The van der Waals surface area contributed by atoms with E-state index in [1.807, 2.05) is 36.4 Å². The number of halogens is 2. The SMILES string of the molecule is CC(C)c1ccnc(CCc2ccc(-c3nn[nH]n3)cc2)c1OCc1cccc(OC(F)F)c1. The van der Waals surface area contributed by atoms with Crippen molar-refractivity contribution in [1.82, 2.24) is 25.6 Å². The number of H-pyrrole nitrogens is 1. The average molecular weight is 466 g/mol. The highest BCUT2D eigenvalue weighted by molar-refractivity contribution is 5.54. The van der Waals surface area contributed by atoms with E-state index in [4.69, 9.17) is 4.74 Å². The van der Waals surface area contributed by atoms with Crippen molar-refractivity contribution >= 4 is 0 Å². The third-order valence-electron chi connectivity index (χ3n) is 5.35. The summed E-state index contributed by atoms with van der Waals surface area (Å²) in [7, 11) is 0. The van der Waals surface area contributed by atoms with Crippen molar-refractivity contribution in [3.05, 3.63) is 83.2 Å². The zero-order valence-corrected chi connectivity index (χ0v) is 18.9. The number of nitrogens with zero attached hydrogens (tertiary/aromatic N) is 4. The molecule has 0 aliphatic carbocycles. The number of nitrogens with one attached hydrogen (secondary N) is 1. The molecule has 4 aromatic rings. The van der Waals surface area contributed by atoms with E-state index in [-0.39, 0.29) is 18.3 Å². The summed E-state index contributed by atoms with van der Waals surface area (Å²) in [6.45, 7) is 1.55. The van der Waals surface area contributed by atoms with Crippen molar-refractivity contribution in [2.45, 2.75) is 45.8 Å². The van der Waals surface area contributed by atoms with E-state index in [2.05, 4.69) is 44.2 Å². The minimum Gasteiger partial charge on any atom is -0.487 e. The summed E-state index contributed by atoms with van der Waals surface area (Å²) in [5, 5.41) is 14.0. The molecule has 0 unspecified atom stereocenters. The monoisotopic (exact) mass is 465 g/mol. The highest BCUT2D eigenvalue weighted by Gasteiger charge is 2.15. The van der Waals surface area contributed by atoms with Gasteiger partial charge in [0.1, 0.15) is 18.1 Å². The zero-order valence-electron chi connectivity index (χ0n) is 18.9. The third-order valence-corrected chi connectivity index (χ3v) is 5.35. The van der Waals surface area contributed by atoms with Gasteiger partial charge >= 0.3 is 6.61 Å². The second kappa shape index (κ2) is 10.8. The summed E-state index contributed by atoms with van der Waals surface area (Å²) in [4.78, 5) is 4.58. The average Bonchev–Trinajstić information content (AvgIpc) is 3.36. The van der Waals surface area contributed by atoms with Crippen molar-refractivity contribution < 1.29 is 18.3 Å². The summed E-state index contributed by atoms with van der Waals surface area (Å²) in [6, 6.07) is 16.5. The molecule has 9 heteroatoms. The van der Waals surface area contributed by atoms with Crippen LogP contribution in [0.15, 0.2) is 60.8 Å². The molecule has 2 aromatic carbocycles.